The summed E-state index contributed by atoms with van der Waals surface area (Å²) in [6.45, 7) is 0.146. The molecule has 3 N–H and O–H groups in total. The van der Waals surface area contributed by atoms with E-state index >= 15 is 0 Å². The Bertz CT molecular complexity index is 813. The molecule has 0 radical (unpaired) electrons. The molecule has 0 atom stereocenters. The lowest BCUT2D eigenvalue weighted by atomic mass is 10.2. The highest BCUT2D eigenvalue weighted by atomic mass is 32.2. The average Bonchev–Trinajstić information content (AvgIpc) is 2.47. The number of hydrogen-bond acceptors (Lipinski definition) is 4. The summed E-state index contributed by atoms with van der Waals surface area (Å²) in [6.07, 6.45) is 0. The molecule has 0 saturated carbocycles. The van der Waals surface area contributed by atoms with E-state index in [0.29, 0.717) is 11.3 Å². The first-order valence-electron chi connectivity index (χ1n) is 5.99. The number of nitrogens with two attached hydrogens (primary N) is 1. The zero-order valence-electron chi connectivity index (χ0n) is 10.9. The van der Waals surface area contributed by atoms with Gasteiger partial charge in [-0.3, -0.25) is 4.72 Å². The molecule has 0 fully saturated rings. The van der Waals surface area contributed by atoms with Crippen molar-refractivity contribution < 1.29 is 12.8 Å². The topological polar surface area (TPSA) is 96.0 Å². The zero-order chi connectivity index (χ0) is 15.5. The van der Waals surface area contributed by atoms with Gasteiger partial charge in [-0.1, -0.05) is 24.3 Å². The molecule has 21 heavy (non-hydrogen) atoms. The number of benzene rings is 2. The van der Waals surface area contributed by atoms with E-state index in [-0.39, 0.29) is 6.54 Å². The number of para-hydroxylation sites is 1. The van der Waals surface area contributed by atoms with Crippen LogP contribution in [0.1, 0.15) is 11.1 Å². The molecule has 0 aliphatic heterocycles. The second-order valence-electron chi connectivity index (χ2n) is 4.19. The van der Waals surface area contributed by atoms with E-state index < -0.39 is 26.3 Å². The number of nitrogens with zero attached hydrogens (tertiary/aromatic N) is 1. The van der Waals surface area contributed by atoms with Gasteiger partial charge in [-0.25, -0.2) is 12.8 Å². The number of halogens is 1. The molecule has 2 aromatic carbocycles. The van der Waals surface area contributed by atoms with Crippen molar-refractivity contribution in [1.29, 1.82) is 5.26 Å². The van der Waals surface area contributed by atoms with Crippen molar-refractivity contribution >= 4 is 15.7 Å². The summed E-state index contributed by atoms with van der Waals surface area (Å²) in [7, 11) is -4.08. The molecular formula is C14H12FN3O2S. The predicted molar refractivity (Wildman–Crippen MR) is 76.3 cm³/mol. The van der Waals surface area contributed by atoms with Crippen LogP contribution in [0.3, 0.4) is 0 Å². The Hall–Kier alpha value is -2.43. The molecule has 5 nitrogen and oxygen atoms in total. The monoisotopic (exact) mass is 305 g/mol. The number of anilines is 1. The van der Waals surface area contributed by atoms with Crippen LogP contribution >= 0.6 is 0 Å². The lowest BCUT2D eigenvalue weighted by molar-refractivity contribution is 0.593. The van der Waals surface area contributed by atoms with Gasteiger partial charge in [-0.15, -0.1) is 0 Å². The standard InChI is InChI=1S/C14H12FN3O2S/c15-12-5-3-7-14(11(12)9-17)21(19,20)18-13-6-2-1-4-10(13)8-16/h1-7,18H,8,16H2. The molecule has 0 bridgehead atoms. The fraction of sp³-hybridized carbons (Fsp3) is 0.0714. The molecular weight excluding hydrogens is 293 g/mol. The number of hydrogen-bond donors (Lipinski definition) is 2. The number of rotatable bonds is 4. The first kappa shape index (κ1) is 15.0. The lowest BCUT2D eigenvalue weighted by Gasteiger charge is -2.12. The van der Waals surface area contributed by atoms with Crippen molar-refractivity contribution in [1.82, 2.24) is 0 Å². The van der Waals surface area contributed by atoms with Gasteiger partial charge in [-0.2, -0.15) is 5.26 Å². The van der Waals surface area contributed by atoms with Crippen LogP contribution in [0.2, 0.25) is 0 Å². The molecule has 0 aliphatic rings. The molecule has 2 rings (SSSR count). The fourth-order valence-electron chi connectivity index (χ4n) is 1.83. The third-order valence-corrected chi connectivity index (χ3v) is 4.27. The molecule has 0 spiro atoms. The van der Waals surface area contributed by atoms with E-state index in [0.717, 1.165) is 6.07 Å². The molecule has 2 aromatic rings. The van der Waals surface area contributed by atoms with Crippen molar-refractivity contribution in [3.8, 4) is 6.07 Å². The van der Waals surface area contributed by atoms with Crippen LogP contribution in [0.25, 0.3) is 0 Å². The lowest BCUT2D eigenvalue weighted by Crippen LogP contribution is -2.16. The van der Waals surface area contributed by atoms with Gasteiger partial charge < -0.3 is 5.73 Å². The average molecular weight is 305 g/mol. The Kier molecular flexibility index (Phi) is 4.21. The highest BCUT2D eigenvalue weighted by Crippen LogP contribution is 2.23. The summed E-state index contributed by atoms with van der Waals surface area (Å²) < 4.78 is 40.5. The predicted octanol–water partition coefficient (Wildman–Crippen LogP) is 1.96. The Labute approximate surface area is 121 Å². The van der Waals surface area contributed by atoms with Crippen LogP contribution in [-0.4, -0.2) is 8.42 Å². The van der Waals surface area contributed by atoms with E-state index in [9.17, 15) is 12.8 Å². The summed E-state index contributed by atoms with van der Waals surface area (Å²) in [5, 5.41) is 8.93. The minimum atomic E-state index is -4.08. The van der Waals surface area contributed by atoms with Gasteiger partial charge >= 0.3 is 0 Å². The Balaban J connectivity index is 2.50. The SMILES string of the molecule is N#Cc1c(F)cccc1S(=O)(=O)Nc1ccccc1CN. The summed E-state index contributed by atoms with van der Waals surface area (Å²) in [6, 6.07) is 11.6. The van der Waals surface area contributed by atoms with Crippen molar-refractivity contribution in [3.63, 3.8) is 0 Å². The number of nitrogens with one attached hydrogen (secondary N) is 1. The smallest absolute Gasteiger partial charge is 0.263 e. The normalized spacial score (nSPS) is 10.9. The summed E-state index contributed by atoms with van der Waals surface area (Å²) in [5.74, 6) is -0.882. The van der Waals surface area contributed by atoms with Crippen molar-refractivity contribution in [2.75, 3.05) is 4.72 Å². The van der Waals surface area contributed by atoms with Crippen LogP contribution in [0.5, 0.6) is 0 Å². The van der Waals surface area contributed by atoms with Crippen molar-refractivity contribution in [3.05, 3.63) is 59.4 Å². The largest absolute Gasteiger partial charge is 0.326 e. The Morgan fingerprint density at radius 2 is 1.90 bits per heavy atom. The number of sulfonamides is 1. The number of nitriles is 1. The van der Waals surface area contributed by atoms with Crippen molar-refractivity contribution in [2.45, 2.75) is 11.4 Å². The molecule has 0 heterocycles. The fourth-order valence-corrected chi connectivity index (χ4v) is 3.10. The molecule has 0 saturated heterocycles. The van der Waals surface area contributed by atoms with Crippen LogP contribution < -0.4 is 10.5 Å². The molecule has 0 aliphatic carbocycles. The van der Waals surface area contributed by atoms with Gasteiger partial charge in [0.25, 0.3) is 10.0 Å². The van der Waals surface area contributed by atoms with E-state index in [2.05, 4.69) is 4.72 Å². The van der Waals surface area contributed by atoms with Gasteiger partial charge in [0.2, 0.25) is 0 Å². The summed E-state index contributed by atoms with van der Waals surface area (Å²) >= 11 is 0. The second kappa shape index (κ2) is 5.91. The highest BCUT2D eigenvalue weighted by molar-refractivity contribution is 7.92. The first-order valence-corrected chi connectivity index (χ1v) is 7.47. The van der Waals surface area contributed by atoms with E-state index in [1.807, 2.05) is 0 Å². The Morgan fingerprint density at radius 3 is 2.57 bits per heavy atom. The first-order chi connectivity index (χ1) is 9.99. The van der Waals surface area contributed by atoms with Crippen LogP contribution in [0.15, 0.2) is 47.4 Å². The van der Waals surface area contributed by atoms with Crippen LogP contribution in [0.4, 0.5) is 10.1 Å². The van der Waals surface area contributed by atoms with Crippen molar-refractivity contribution in [2.24, 2.45) is 5.73 Å². The van der Waals surface area contributed by atoms with Gasteiger partial charge in [0.1, 0.15) is 22.3 Å². The van der Waals surface area contributed by atoms with Crippen LogP contribution in [0, 0.1) is 17.1 Å². The maximum absolute atomic E-state index is 13.5. The zero-order valence-corrected chi connectivity index (χ0v) is 11.7. The van der Waals surface area contributed by atoms with Gasteiger partial charge in [0.15, 0.2) is 0 Å². The van der Waals surface area contributed by atoms with Crippen LogP contribution in [-0.2, 0) is 16.6 Å². The van der Waals surface area contributed by atoms with E-state index in [1.165, 1.54) is 12.1 Å². The van der Waals surface area contributed by atoms with E-state index in [4.69, 9.17) is 11.0 Å². The summed E-state index contributed by atoms with van der Waals surface area (Å²) in [5.41, 5.74) is 5.92. The highest BCUT2D eigenvalue weighted by Gasteiger charge is 2.21. The summed E-state index contributed by atoms with van der Waals surface area (Å²) in [4.78, 5) is -0.406. The third kappa shape index (κ3) is 3.02. The minimum absolute atomic E-state index is 0.146. The molecule has 7 heteroatoms. The molecule has 0 aromatic heterocycles. The van der Waals surface area contributed by atoms with Gasteiger partial charge in [-0.05, 0) is 23.8 Å². The second-order valence-corrected chi connectivity index (χ2v) is 5.84. The van der Waals surface area contributed by atoms with Gasteiger partial charge in [0.05, 0.1) is 5.69 Å². The minimum Gasteiger partial charge on any atom is -0.326 e. The quantitative estimate of drug-likeness (QED) is 0.902. The maximum Gasteiger partial charge on any atom is 0.263 e. The van der Waals surface area contributed by atoms with E-state index in [1.54, 1.807) is 30.3 Å². The maximum atomic E-state index is 13.5. The van der Waals surface area contributed by atoms with Gasteiger partial charge in [0, 0.05) is 6.54 Å². The molecule has 108 valence electrons. The third-order valence-electron chi connectivity index (χ3n) is 2.86. The molecule has 0 unspecified atom stereocenters. The molecule has 0 amide bonds. The Morgan fingerprint density at radius 1 is 1.19 bits per heavy atom.